The highest BCUT2D eigenvalue weighted by molar-refractivity contribution is 9.10. The maximum Gasteiger partial charge on any atom is 0.255 e. The van der Waals surface area contributed by atoms with Crippen LogP contribution in [0.1, 0.15) is 21.5 Å². The average molecular weight is 396 g/mol. The van der Waals surface area contributed by atoms with Crippen molar-refractivity contribution < 1.29 is 9.53 Å². The van der Waals surface area contributed by atoms with E-state index in [-0.39, 0.29) is 5.91 Å². The van der Waals surface area contributed by atoms with Gasteiger partial charge in [-0.3, -0.25) is 4.79 Å². The topological polar surface area (TPSA) is 38.3 Å². The van der Waals surface area contributed by atoms with Crippen LogP contribution in [-0.4, -0.2) is 5.91 Å². The number of benzene rings is 3. The lowest BCUT2D eigenvalue weighted by Crippen LogP contribution is -2.23. The van der Waals surface area contributed by atoms with Crippen molar-refractivity contribution in [3.8, 4) is 5.75 Å². The molecule has 0 atom stereocenters. The third-order valence-corrected chi connectivity index (χ3v) is 4.21. The number of carbonyl (C=O) groups excluding carboxylic acids is 1. The highest BCUT2D eigenvalue weighted by Crippen LogP contribution is 2.24. The number of amides is 1. The van der Waals surface area contributed by atoms with Crippen molar-refractivity contribution >= 4 is 21.8 Å². The predicted molar refractivity (Wildman–Crippen MR) is 103 cm³/mol. The summed E-state index contributed by atoms with van der Waals surface area (Å²) >= 11 is 3.42. The van der Waals surface area contributed by atoms with Crippen LogP contribution in [0.25, 0.3) is 0 Å². The van der Waals surface area contributed by atoms with Gasteiger partial charge in [-0.25, -0.2) is 0 Å². The van der Waals surface area contributed by atoms with Gasteiger partial charge in [-0.05, 0) is 29.3 Å². The lowest BCUT2D eigenvalue weighted by atomic mass is 10.1. The predicted octanol–water partition coefficient (Wildman–Crippen LogP) is 4.96. The highest BCUT2D eigenvalue weighted by Gasteiger charge is 2.13. The van der Waals surface area contributed by atoms with Gasteiger partial charge in [0.15, 0.2) is 0 Å². The number of ether oxygens (including phenoxy) is 1. The van der Waals surface area contributed by atoms with Crippen LogP contribution in [-0.2, 0) is 13.2 Å². The fourth-order valence-corrected chi connectivity index (χ4v) is 2.78. The maximum absolute atomic E-state index is 12.6. The molecule has 3 aromatic carbocycles. The van der Waals surface area contributed by atoms with Gasteiger partial charge in [0.25, 0.3) is 5.91 Å². The van der Waals surface area contributed by atoms with Crippen LogP contribution in [0.15, 0.2) is 83.3 Å². The molecule has 1 N–H and O–H groups in total. The number of rotatable bonds is 6. The molecule has 0 saturated carbocycles. The molecule has 0 saturated heterocycles. The lowest BCUT2D eigenvalue weighted by Gasteiger charge is -2.12. The van der Waals surface area contributed by atoms with Crippen molar-refractivity contribution in [3.63, 3.8) is 0 Å². The summed E-state index contributed by atoms with van der Waals surface area (Å²) in [4.78, 5) is 12.6. The zero-order chi connectivity index (χ0) is 17.5. The monoisotopic (exact) mass is 395 g/mol. The van der Waals surface area contributed by atoms with Gasteiger partial charge in [0.2, 0.25) is 0 Å². The molecule has 0 radical (unpaired) electrons. The van der Waals surface area contributed by atoms with Crippen LogP contribution in [0.4, 0.5) is 0 Å². The Bertz CT molecular complexity index is 835. The van der Waals surface area contributed by atoms with Gasteiger partial charge in [0.05, 0.1) is 5.56 Å². The van der Waals surface area contributed by atoms with E-state index in [1.807, 2.05) is 72.8 Å². The van der Waals surface area contributed by atoms with Gasteiger partial charge >= 0.3 is 0 Å². The number of halogens is 1. The van der Waals surface area contributed by atoms with E-state index in [0.717, 1.165) is 15.6 Å². The Balaban J connectivity index is 1.70. The molecule has 3 aromatic rings. The molecule has 0 unspecified atom stereocenters. The van der Waals surface area contributed by atoms with Crippen LogP contribution < -0.4 is 10.1 Å². The molecular weight excluding hydrogens is 378 g/mol. The van der Waals surface area contributed by atoms with Crippen LogP contribution >= 0.6 is 15.9 Å². The summed E-state index contributed by atoms with van der Waals surface area (Å²) in [6, 6.07) is 25.2. The Morgan fingerprint density at radius 1 is 0.880 bits per heavy atom. The SMILES string of the molecule is O=C(NCc1ccccc1)c1cc(Br)ccc1OCc1ccccc1. The highest BCUT2D eigenvalue weighted by atomic mass is 79.9. The third kappa shape index (κ3) is 4.94. The molecule has 0 spiro atoms. The molecule has 0 fully saturated rings. The zero-order valence-corrected chi connectivity index (χ0v) is 15.2. The van der Waals surface area contributed by atoms with Gasteiger partial charge < -0.3 is 10.1 Å². The fraction of sp³-hybridized carbons (Fsp3) is 0.0952. The maximum atomic E-state index is 12.6. The van der Waals surface area contributed by atoms with Gasteiger partial charge in [0.1, 0.15) is 12.4 Å². The normalized spacial score (nSPS) is 10.3. The first-order valence-electron chi connectivity index (χ1n) is 8.01. The van der Waals surface area contributed by atoms with Crippen LogP contribution in [0.3, 0.4) is 0 Å². The number of hydrogen-bond donors (Lipinski definition) is 1. The van der Waals surface area contributed by atoms with Gasteiger partial charge in [0, 0.05) is 11.0 Å². The van der Waals surface area contributed by atoms with E-state index in [1.54, 1.807) is 6.07 Å². The van der Waals surface area contributed by atoms with Gasteiger partial charge in [-0.15, -0.1) is 0 Å². The zero-order valence-electron chi connectivity index (χ0n) is 13.6. The van der Waals surface area contributed by atoms with E-state index in [1.165, 1.54) is 0 Å². The molecule has 0 aliphatic heterocycles. The Kier molecular flexibility index (Phi) is 5.86. The second-order valence-corrected chi connectivity index (χ2v) is 6.50. The van der Waals surface area contributed by atoms with Crippen LogP contribution in [0.5, 0.6) is 5.75 Å². The number of nitrogens with one attached hydrogen (secondary N) is 1. The molecule has 25 heavy (non-hydrogen) atoms. The molecule has 0 aliphatic rings. The third-order valence-electron chi connectivity index (χ3n) is 3.72. The summed E-state index contributed by atoms with van der Waals surface area (Å²) in [7, 11) is 0. The van der Waals surface area contributed by atoms with E-state index in [4.69, 9.17) is 4.74 Å². The molecule has 0 aliphatic carbocycles. The second kappa shape index (κ2) is 8.49. The smallest absolute Gasteiger partial charge is 0.255 e. The molecule has 0 bridgehead atoms. The molecule has 1 amide bonds. The first kappa shape index (κ1) is 17.2. The minimum Gasteiger partial charge on any atom is -0.488 e. The van der Waals surface area contributed by atoms with E-state index in [9.17, 15) is 4.79 Å². The summed E-state index contributed by atoms with van der Waals surface area (Å²) in [5.74, 6) is 0.408. The van der Waals surface area contributed by atoms with Gasteiger partial charge in [-0.2, -0.15) is 0 Å². The van der Waals surface area contributed by atoms with Crippen molar-refractivity contribution in [3.05, 3.63) is 100 Å². The quantitative estimate of drug-likeness (QED) is 0.640. The van der Waals surface area contributed by atoms with Crippen LogP contribution in [0, 0.1) is 0 Å². The molecule has 0 heterocycles. The number of carbonyl (C=O) groups is 1. The summed E-state index contributed by atoms with van der Waals surface area (Å²) < 4.78 is 6.71. The summed E-state index contributed by atoms with van der Waals surface area (Å²) in [5.41, 5.74) is 2.62. The minimum absolute atomic E-state index is 0.159. The molecular formula is C21H18BrNO2. The van der Waals surface area contributed by atoms with Crippen LogP contribution in [0.2, 0.25) is 0 Å². The van der Waals surface area contributed by atoms with Crippen molar-refractivity contribution in [2.24, 2.45) is 0 Å². The van der Waals surface area contributed by atoms with E-state index >= 15 is 0 Å². The minimum atomic E-state index is -0.159. The van der Waals surface area contributed by atoms with Crippen molar-refractivity contribution in [1.29, 1.82) is 0 Å². The lowest BCUT2D eigenvalue weighted by molar-refractivity contribution is 0.0946. The summed E-state index contributed by atoms with van der Waals surface area (Å²) in [6.45, 7) is 0.895. The Morgan fingerprint density at radius 2 is 1.52 bits per heavy atom. The Hall–Kier alpha value is -2.59. The first-order chi connectivity index (χ1) is 12.2. The van der Waals surface area contributed by atoms with Crippen molar-refractivity contribution in [2.75, 3.05) is 0 Å². The molecule has 3 nitrogen and oxygen atoms in total. The second-order valence-electron chi connectivity index (χ2n) is 5.58. The fourth-order valence-electron chi connectivity index (χ4n) is 2.41. The number of hydrogen-bond acceptors (Lipinski definition) is 2. The average Bonchev–Trinajstić information content (AvgIpc) is 2.66. The van der Waals surface area contributed by atoms with E-state index in [0.29, 0.717) is 24.5 Å². The van der Waals surface area contributed by atoms with E-state index in [2.05, 4.69) is 21.2 Å². The molecule has 126 valence electrons. The molecule has 0 aromatic heterocycles. The van der Waals surface area contributed by atoms with Crippen molar-refractivity contribution in [1.82, 2.24) is 5.32 Å². The summed E-state index contributed by atoms with van der Waals surface area (Å²) in [6.07, 6.45) is 0. The largest absolute Gasteiger partial charge is 0.488 e. The molecule has 4 heteroatoms. The van der Waals surface area contributed by atoms with Crippen molar-refractivity contribution in [2.45, 2.75) is 13.2 Å². The Morgan fingerprint density at radius 3 is 2.20 bits per heavy atom. The summed E-state index contributed by atoms with van der Waals surface area (Å²) in [5, 5.41) is 2.94. The standard InChI is InChI=1S/C21H18BrNO2/c22-18-11-12-20(25-15-17-9-5-2-6-10-17)19(13-18)21(24)23-14-16-7-3-1-4-8-16/h1-13H,14-15H2,(H,23,24). The molecule has 3 rings (SSSR count). The van der Waals surface area contributed by atoms with E-state index < -0.39 is 0 Å². The first-order valence-corrected chi connectivity index (χ1v) is 8.80. The Labute approximate surface area is 155 Å². The van der Waals surface area contributed by atoms with Gasteiger partial charge in [-0.1, -0.05) is 76.6 Å².